The Kier molecular flexibility index (Phi) is 5.77. The first-order valence-corrected chi connectivity index (χ1v) is 5.78. The van der Waals surface area contributed by atoms with Crippen molar-refractivity contribution in [1.29, 1.82) is 0 Å². The van der Waals surface area contributed by atoms with Gasteiger partial charge in [-0.3, -0.25) is 4.79 Å². The Balaban J connectivity index is 2.50. The molecule has 1 aromatic rings. The van der Waals surface area contributed by atoms with Crippen LogP contribution in [0.1, 0.15) is 12.5 Å². The molecule has 0 heterocycles. The third-order valence-electron chi connectivity index (χ3n) is 2.44. The summed E-state index contributed by atoms with van der Waals surface area (Å²) in [5.74, 6) is 1.49. The number of ketones is 1. The van der Waals surface area contributed by atoms with E-state index < -0.39 is 0 Å². The first kappa shape index (κ1) is 14.1. The van der Waals surface area contributed by atoms with Gasteiger partial charge in [0.2, 0.25) is 0 Å². The van der Waals surface area contributed by atoms with Gasteiger partial charge in [0.15, 0.2) is 17.3 Å². The van der Waals surface area contributed by atoms with Gasteiger partial charge < -0.3 is 14.8 Å². The first-order valence-electron chi connectivity index (χ1n) is 5.78. The summed E-state index contributed by atoms with van der Waals surface area (Å²) in [7, 11) is 3.24. The average Bonchev–Trinajstić information content (AvgIpc) is 2.37. The van der Waals surface area contributed by atoms with Crippen LogP contribution in [0.4, 0.5) is 0 Å². The van der Waals surface area contributed by atoms with Crippen molar-refractivity contribution in [2.45, 2.75) is 13.3 Å². The highest BCUT2D eigenvalue weighted by atomic mass is 16.5. The molecule has 1 aromatic carbocycles. The van der Waals surface area contributed by atoms with Gasteiger partial charge in [0, 0.05) is 6.54 Å². The van der Waals surface area contributed by atoms with E-state index in [0.29, 0.717) is 0 Å². The zero-order valence-corrected chi connectivity index (χ0v) is 11.0. The van der Waals surface area contributed by atoms with Crippen LogP contribution < -0.4 is 14.8 Å². The minimum Gasteiger partial charge on any atom is -0.493 e. The van der Waals surface area contributed by atoms with Crippen LogP contribution in [-0.4, -0.2) is 26.5 Å². The van der Waals surface area contributed by atoms with Crippen LogP contribution in [0.15, 0.2) is 30.5 Å². The Morgan fingerprint density at radius 1 is 1.28 bits per heavy atom. The summed E-state index contributed by atoms with van der Waals surface area (Å²) in [5, 5.41) is 3.06. The van der Waals surface area contributed by atoms with Gasteiger partial charge in [0.1, 0.15) is 0 Å². The predicted molar refractivity (Wildman–Crippen MR) is 71.1 cm³/mol. The molecule has 0 aromatic heterocycles. The molecule has 0 fully saturated rings. The van der Waals surface area contributed by atoms with E-state index in [9.17, 15) is 4.79 Å². The quantitative estimate of drug-likeness (QED) is 0.592. The minimum absolute atomic E-state index is 0.0358. The molecule has 0 aliphatic carbocycles. The highest BCUT2D eigenvalue weighted by Gasteiger charge is 2.03. The van der Waals surface area contributed by atoms with Gasteiger partial charge in [-0.25, -0.2) is 0 Å². The number of benzene rings is 1. The monoisotopic (exact) mass is 249 g/mol. The van der Waals surface area contributed by atoms with Crippen molar-refractivity contribution in [3.8, 4) is 11.5 Å². The Hall–Kier alpha value is -1.97. The third-order valence-corrected chi connectivity index (χ3v) is 2.44. The van der Waals surface area contributed by atoms with Crippen molar-refractivity contribution in [2.75, 3.05) is 20.8 Å². The second-order valence-corrected chi connectivity index (χ2v) is 3.84. The maximum Gasteiger partial charge on any atom is 0.160 e. The zero-order valence-electron chi connectivity index (χ0n) is 11.0. The number of ether oxygens (including phenoxy) is 2. The van der Waals surface area contributed by atoms with Crippen molar-refractivity contribution in [3.05, 3.63) is 36.0 Å². The number of methoxy groups -OCH3 is 2. The second-order valence-electron chi connectivity index (χ2n) is 3.84. The molecule has 0 radical (unpaired) electrons. The molecule has 1 N–H and O–H groups in total. The van der Waals surface area contributed by atoms with E-state index in [4.69, 9.17) is 9.47 Å². The number of allylic oxidation sites excluding steroid dienone is 1. The molecular formula is C14H19NO3. The molecule has 0 saturated carbocycles. The SMILES string of the molecule is COc1ccc(CCN/C=C\C(C)=O)cc1OC. The summed E-state index contributed by atoms with van der Waals surface area (Å²) >= 11 is 0. The molecule has 0 spiro atoms. The van der Waals surface area contributed by atoms with Gasteiger partial charge in [-0.1, -0.05) is 6.07 Å². The maximum absolute atomic E-state index is 10.7. The summed E-state index contributed by atoms with van der Waals surface area (Å²) in [5.41, 5.74) is 1.15. The fourth-order valence-electron chi connectivity index (χ4n) is 1.51. The van der Waals surface area contributed by atoms with Crippen molar-refractivity contribution >= 4 is 5.78 Å². The average molecular weight is 249 g/mol. The zero-order chi connectivity index (χ0) is 13.4. The smallest absolute Gasteiger partial charge is 0.160 e. The van der Waals surface area contributed by atoms with Crippen LogP contribution in [0.3, 0.4) is 0 Å². The molecular weight excluding hydrogens is 230 g/mol. The van der Waals surface area contributed by atoms with Crippen LogP contribution >= 0.6 is 0 Å². The lowest BCUT2D eigenvalue weighted by Crippen LogP contribution is -2.10. The lowest BCUT2D eigenvalue weighted by atomic mass is 10.1. The summed E-state index contributed by atoms with van der Waals surface area (Å²) in [6.45, 7) is 2.28. The Bertz CT molecular complexity index is 427. The molecule has 0 saturated heterocycles. The van der Waals surface area contributed by atoms with Crippen LogP contribution in [0, 0.1) is 0 Å². The number of rotatable bonds is 7. The molecule has 98 valence electrons. The molecule has 0 aliphatic heterocycles. The van der Waals surface area contributed by atoms with Crippen molar-refractivity contribution < 1.29 is 14.3 Å². The molecule has 18 heavy (non-hydrogen) atoms. The molecule has 0 amide bonds. The van der Waals surface area contributed by atoms with E-state index in [1.54, 1.807) is 20.4 Å². The highest BCUT2D eigenvalue weighted by Crippen LogP contribution is 2.27. The molecule has 4 nitrogen and oxygen atoms in total. The lowest BCUT2D eigenvalue weighted by molar-refractivity contribution is -0.112. The summed E-state index contributed by atoms with van der Waals surface area (Å²) in [4.78, 5) is 10.7. The topological polar surface area (TPSA) is 47.6 Å². The van der Waals surface area contributed by atoms with Gasteiger partial charge in [0.25, 0.3) is 0 Å². The van der Waals surface area contributed by atoms with Crippen molar-refractivity contribution in [1.82, 2.24) is 5.32 Å². The molecule has 0 aliphatic rings. The van der Waals surface area contributed by atoms with E-state index in [1.807, 2.05) is 18.2 Å². The van der Waals surface area contributed by atoms with E-state index in [1.165, 1.54) is 13.0 Å². The van der Waals surface area contributed by atoms with Crippen LogP contribution in [0.25, 0.3) is 0 Å². The number of carbonyl (C=O) groups is 1. The molecule has 0 bridgehead atoms. The van der Waals surface area contributed by atoms with Crippen LogP contribution in [-0.2, 0) is 11.2 Å². The predicted octanol–water partition coefficient (Wildman–Crippen LogP) is 1.94. The Morgan fingerprint density at radius 2 is 2.00 bits per heavy atom. The van der Waals surface area contributed by atoms with E-state index in [-0.39, 0.29) is 5.78 Å². The standard InChI is InChI=1S/C14H19NO3/c1-11(16)6-8-15-9-7-12-4-5-13(17-2)14(10-12)18-3/h4-6,8,10,15H,7,9H2,1-3H3/b8-6-. The first-order chi connectivity index (χ1) is 8.67. The van der Waals surface area contributed by atoms with Crippen molar-refractivity contribution in [2.24, 2.45) is 0 Å². The van der Waals surface area contributed by atoms with Gasteiger partial charge in [0.05, 0.1) is 14.2 Å². The minimum atomic E-state index is 0.0358. The van der Waals surface area contributed by atoms with Gasteiger partial charge in [-0.2, -0.15) is 0 Å². The van der Waals surface area contributed by atoms with Gasteiger partial charge in [-0.05, 0) is 43.3 Å². The fraction of sp³-hybridized carbons (Fsp3) is 0.357. The van der Waals surface area contributed by atoms with Crippen LogP contribution in [0.2, 0.25) is 0 Å². The fourth-order valence-corrected chi connectivity index (χ4v) is 1.51. The second kappa shape index (κ2) is 7.37. The molecule has 0 atom stereocenters. The summed E-state index contributed by atoms with van der Waals surface area (Å²) in [6.07, 6.45) is 4.03. The van der Waals surface area contributed by atoms with E-state index in [0.717, 1.165) is 30.0 Å². The summed E-state index contributed by atoms with van der Waals surface area (Å²) in [6, 6.07) is 5.84. The van der Waals surface area contributed by atoms with Gasteiger partial charge in [-0.15, -0.1) is 0 Å². The largest absolute Gasteiger partial charge is 0.493 e. The maximum atomic E-state index is 10.7. The third kappa shape index (κ3) is 4.49. The Morgan fingerprint density at radius 3 is 2.61 bits per heavy atom. The van der Waals surface area contributed by atoms with E-state index >= 15 is 0 Å². The summed E-state index contributed by atoms with van der Waals surface area (Å²) < 4.78 is 10.4. The van der Waals surface area contributed by atoms with E-state index in [2.05, 4.69) is 5.32 Å². The number of nitrogens with one attached hydrogen (secondary N) is 1. The molecule has 1 rings (SSSR count). The number of hydrogen-bond donors (Lipinski definition) is 1. The number of hydrogen-bond acceptors (Lipinski definition) is 4. The lowest BCUT2D eigenvalue weighted by Gasteiger charge is -2.09. The van der Waals surface area contributed by atoms with Gasteiger partial charge >= 0.3 is 0 Å². The molecule has 0 unspecified atom stereocenters. The van der Waals surface area contributed by atoms with Crippen molar-refractivity contribution in [3.63, 3.8) is 0 Å². The highest BCUT2D eigenvalue weighted by molar-refractivity contribution is 5.87. The Labute approximate surface area is 108 Å². The molecule has 4 heteroatoms. The number of carbonyl (C=O) groups excluding carboxylic acids is 1. The van der Waals surface area contributed by atoms with Crippen LogP contribution in [0.5, 0.6) is 11.5 Å². The normalized spacial score (nSPS) is 10.4.